The second kappa shape index (κ2) is 9.32. The minimum atomic E-state index is -0.443. The van der Waals surface area contributed by atoms with Crippen LogP contribution in [0.2, 0.25) is 0 Å². The quantitative estimate of drug-likeness (QED) is 0.435. The summed E-state index contributed by atoms with van der Waals surface area (Å²) >= 11 is 0. The fourth-order valence-corrected chi connectivity index (χ4v) is 3.46. The van der Waals surface area contributed by atoms with Crippen molar-refractivity contribution in [2.24, 2.45) is 7.05 Å². The van der Waals surface area contributed by atoms with E-state index in [0.717, 1.165) is 5.56 Å². The summed E-state index contributed by atoms with van der Waals surface area (Å²) < 4.78 is 1.45. The van der Waals surface area contributed by atoms with Gasteiger partial charge in [-0.2, -0.15) is 5.10 Å². The first kappa shape index (κ1) is 21.7. The van der Waals surface area contributed by atoms with Gasteiger partial charge >= 0.3 is 0 Å². The molecule has 0 fully saturated rings. The molecular formula is C26H22N4O3. The summed E-state index contributed by atoms with van der Waals surface area (Å²) in [6, 6.07) is 22.5. The van der Waals surface area contributed by atoms with Crippen LogP contribution in [0.25, 0.3) is 0 Å². The average molecular weight is 438 g/mol. The van der Waals surface area contributed by atoms with Crippen LogP contribution in [0.3, 0.4) is 0 Å². The highest BCUT2D eigenvalue weighted by molar-refractivity contribution is 6.17. The molecule has 0 unspecified atom stereocenters. The Hall–Kier alpha value is -4.52. The first-order valence-electron chi connectivity index (χ1n) is 10.3. The summed E-state index contributed by atoms with van der Waals surface area (Å²) in [4.78, 5) is 38.9. The van der Waals surface area contributed by atoms with Gasteiger partial charge in [-0.1, -0.05) is 54.1 Å². The molecule has 1 aromatic heterocycles. The summed E-state index contributed by atoms with van der Waals surface area (Å²) in [6.45, 7) is 1.89. The van der Waals surface area contributed by atoms with Crippen LogP contribution in [0.4, 0.5) is 11.4 Å². The summed E-state index contributed by atoms with van der Waals surface area (Å²) in [7, 11) is 1.66. The Labute approximate surface area is 191 Å². The Morgan fingerprint density at radius 1 is 0.758 bits per heavy atom. The van der Waals surface area contributed by atoms with Gasteiger partial charge in [-0.05, 0) is 37.3 Å². The number of ketones is 1. The number of hydrogen-bond donors (Lipinski definition) is 2. The SMILES string of the molecule is Cc1ccc(NC(=O)c2ccccc2NC(=O)c2ccnn2C)c(C(=O)c2ccccc2)c1. The summed E-state index contributed by atoms with van der Waals surface area (Å²) in [5.41, 5.74) is 3.20. The van der Waals surface area contributed by atoms with E-state index >= 15 is 0 Å². The molecule has 0 saturated carbocycles. The molecule has 2 N–H and O–H groups in total. The first-order valence-corrected chi connectivity index (χ1v) is 10.3. The summed E-state index contributed by atoms with van der Waals surface area (Å²) in [6.07, 6.45) is 1.52. The molecule has 1 heterocycles. The average Bonchev–Trinajstić information content (AvgIpc) is 3.26. The van der Waals surface area contributed by atoms with Crippen molar-refractivity contribution in [1.82, 2.24) is 9.78 Å². The predicted molar refractivity (Wildman–Crippen MR) is 127 cm³/mol. The molecule has 0 spiro atoms. The molecule has 0 aliphatic rings. The molecule has 3 aromatic carbocycles. The maximum Gasteiger partial charge on any atom is 0.273 e. The third-order valence-corrected chi connectivity index (χ3v) is 5.18. The van der Waals surface area contributed by atoms with Crippen molar-refractivity contribution >= 4 is 29.0 Å². The number of benzene rings is 3. The van der Waals surface area contributed by atoms with Crippen LogP contribution in [-0.4, -0.2) is 27.4 Å². The van der Waals surface area contributed by atoms with Crippen molar-refractivity contribution in [3.8, 4) is 0 Å². The number of aromatic nitrogens is 2. The van der Waals surface area contributed by atoms with Gasteiger partial charge in [0.2, 0.25) is 0 Å². The molecule has 0 atom stereocenters. The van der Waals surface area contributed by atoms with Gasteiger partial charge in [0.1, 0.15) is 5.69 Å². The van der Waals surface area contributed by atoms with Crippen molar-refractivity contribution in [1.29, 1.82) is 0 Å². The Morgan fingerprint density at radius 3 is 2.15 bits per heavy atom. The van der Waals surface area contributed by atoms with E-state index in [0.29, 0.717) is 28.2 Å². The lowest BCUT2D eigenvalue weighted by Gasteiger charge is -2.14. The molecule has 33 heavy (non-hydrogen) atoms. The van der Waals surface area contributed by atoms with Gasteiger partial charge in [0, 0.05) is 24.4 Å². The van der Waals surface area contributed by atoms with Crippen LogP contribution in [0.15, 0.2) is 85.1 Å². The highest BCUT2D eigenvalue weighted by atomic mass is 16.2. The van der Waals surface area contributed by atoms with E-state index in [9.17, 15) is 14.4 Å². The Balaban J connectivity index is 1.62. The molecular weight excluding hydrogens is 416 g/mol. The van der Waals surface area contributed by atoms with E-state index in [1.807, 2.05) is 19.1 Å². The van der Waals surface area contributed by atoms with Crippen LogP contribution < -0.4 is 10.6 Å². The van der Waals surface area contributed by atoms with E-state index < -0.39 is 5.91 Å². The number of para-hydroxylation sites is 1. The first-order chi connectivity index (χ1) is 15.9. The third kappa shape index (κ3) is 4.72. The molecule has 4 rings (SSSR count). The van der Waals surface area contributed by atoms with Crippen LogP contribution in [-0.2, 0) is 7.05 Å². The number of nitrogens with zero attached hydrogens (tertiary/aromatic N) is 2. The highest BCUT2D eigenvalue weighted by Gasteiger charge is 2.19. The third-order valence-electron chi connectivity index (χ3n) is 5.18. The zero-order valence-electron chi connectivity index (χ0n) is 18.2. The van der Waals surface area contributed by atoms with Crippen molar-refractivity contribution in [2.75, 3.05) is 10.6 Å². The number of carbonyl (C=O) groups excluding carboxylic acids is 3. The van der Waals surface area contributed by atoms with Gasteiger partial charge in [-0.15, -0.1) is 0 Å². The second-order valence-corrected chi connectivity index (χ2v) is 7.54. The molecule has 0 radical (unpaired) electrons. The topological polar surface area (TPSA) is 93.1 Å². The molecule has 7 heteroatoms. The smallest absolute Gasteiger partial charge is 0.273 e. The monoisotopic (exact) mass is 438 g/mol. The van der Waals surface area contributed by atoms with Crippen LogP contribution in [0, 0.1) is 6.92 Å². The van der Waals surface area contributed by atoms with Crippen LogP contribution >= 0.6 is 0 Å². The van der Waals surface area contributed by atoms with Gasteiger partial charge in [-0.3, -0.25) is 19.1 Å². The molecule has 2 amide bonds. The van der Waals surface area contributed by atoms with Crippen molar-refractivity contribution < 1.29 is 14.4 Å². The Morgan fingerprint density at radius 2 is 1.42 bits per heavy atom. The van der Waals surface area contributed by atoms with Gasteiger partial charge in [-0.25, -0.2) is 0 Å². The predicted octanol–water partition coefficient (Wildman–Crippen LogP) is 4.46. The standard InChI is InChI=1S/C26H22N4O3/c1-17-12-13-22(20(16-17)24(31)18-8-4-3-5-9-18)28-25(32)19-10-6-7-11-21(19)29-26(33)23-14-15-27-30(23)2/h3-16H,1-2H3,(H,28,32)(H,29,33). The molecule has 0 saturated heterocycles. The number of rotatable bonds is 6. The Kier molecular flexibility index (Phi) is 6.13. The normalized spacial score (nSPS) is 10.5. The highest BCUT2D eigenvalue weighted by Crippen LogP contribution is 2.24. The van der Waals surface area contributed by atoms with Crippen LogP contribution in [0.1, 0.15) is 42.3 Å². The largest absolute Gasteiger partial charge is 0.321 e. The number of nitrogens with one attached hydrogen (secondary N) is 2. The van der Waals surface area contributed by atoms with Crippen molar-refractivity contribution in [3.05, 3.63) is 113 Å². The molecule has 0 aliphatic carbocycles. The second-order valence-electron chi connectivity index (χ2n) is 7.54. The number of amides is 2. The van der Waals surface area contributed by atoms with E-state index in [-0.39, 0.29) is 17.3 Å². The van der Waals surface area contributed by atoms with E-state index in [2.05, 4.69) is 15.7 Å². The minimum Gasteiger partial charge on any atom is -0.321 e. The zero-order valence-corrected chi connectivity index (χ0v) is 18.2. The van der Waals surface area contributed by atoms with Gasteiger partial charge in [0.15, 0.2) is 5.78 Å². The maximum absolute atomic E-state index is 13.2. The van der Waals surface area contributed by atoms with Gasteiger partial charge in [0.05, 0.1) is 16.9 Å². The van der Waals surface area contributed by atoms with E-state index in [1.165, 1.54) is 10.9 Å². The fraction of sp³-hybridized carbons (Fsp3) is 0.0769. The Bertz CT molecular complexity index is 1340. The van der Waals surface area contributed by atoms with E-state index in [1.54, 1.807) is 73.8 Å². The van der Waals surface area contributed by atoms with Gasteiger partial charge < -0.3 is 10.6 Å². The van der Waals surface area contributed by atoms with Crippen molar-refractivity contribution in [2.45, 2.75) is 6.92 Å². The summed E-state index contributed by atoms with van der Waals surface area (Å²) in [5.74, 6) is -1.01. The molecule has 164 valence electrons. The number of carbonyl (C=O) groups is 3. The van der Waals surface area contributed by atoms with E-state index in [4.69, 9.17) is 0 Å². The summed E-state index contributed by atoms with van der Waals surface area (Å²) in [5, 5.41) is 9.60. The zero-order chi connectivity index (χ0) is 23.4. The number of aryl methyl sites for hydroxylation is 2. The van der Waals surface area contributed by atoms with Crippen LogP contribution in [0.5, 0.6) is 0 Å². The lowest BCUT2D eigenvalue weighted by molar-refractivity contribution is 0.101. The molecule has 4 aromatic rings. The number of hydrogen-bond acceptors (Lipinski definition) is 4. The lowest BCUT2D eigenvalue weighted by Crippen LogP contribution is -2.21. The van der Waals surface area contributed by atoms with Gasteiger partial charge in [0.25, 0.3) is 11.8 Å². The molecule has 0 aliphatic heterocycles. The number of anilines is 2. The lowest BCUT2D eigenvalue weighted by atomic mass is 9.99. The van der Waals surface area contributed by atoms with Crippen molar-refractivity contribution in [3.63, 3.8) is 0 Å². The molecule has 0 bridgehead atoms. The maximum atomic E-state index is 13.2. The molecule has 7 nitrogen and oxygen atoms in total. The fourth-order valence-electron chi connectivity index (χ4n) is 3.46. The minimum absolute atomic E-state index is 0.188.